The van der Waals surface area contributed by atoms with Crippen LogP contribution in [0.15, 0.2) is 158 Å². The molecule has 1 fully saturated rings. The number of hydrogen-bond donors (Lipinski definition) is 3. The Bertz CT molecular complexity index is 2050. The van der Waals surface area contributed by atoms with Gasteiger partial charge in [0, 0.05) is 19.3 Å². The van der Waals surface area contributed by atoms with Crippen molar-refractivity contribution >= 4 is 23.9 Å². The molecular weight excluding hydrogens is 1040 g/mol. The molecule has 12 heteroatoms. The molecule has 0 bridgehead atoms. The van der Waals surface area contributed by atoms with Crippen molar-refractivity contribution in [1.29, 1.82) is 0 Å². The summed E-state index contributed by atoms with van der Waals surface area (Å²) in [7, 11) is 0. The molecule has 464 valence electrons. The van der Waals surface area contributed by atoms with Crippen LogP contribution in [0.25, 0.3) is 0 Å². The molecule has 1 heterocycles. The lowest BCUT2D eigenvalue weighted by atomic mass is 9.98. The zero-order valence-corrected chi connectivity index (χ0v) is 51.1. The Morgan fingerprint density at radius 1 is 0.410 bits per heavy atom. The average Bonchev–Trinajstić information content (AvgIpc) is 3.57. The van der Waals surface area contributed by atoms with Crippen molar-refractivity contribution in [3.8, 4) is 0 Å². The fourth-order valence-corrected chi connectivity index (χ4v) is 8.33. The molecule has 0 amide bonds. The highest BCUT2D eigenvalue weighted by Crippen LogP contribution is 2.26. The van der Waals surface area contributed by atoms with Gasteiger partial charge in [0.05, 0.1) is 6.61 Å². The minimum absolute atomic E-state index is 0.0241. The van der Waals surface area contributed by atoms with Crippen LogP contribution in [0, 0.1) is 0 Å². The SMILES string of the molecule is CC/C=C\C/C=C\C/C=C\C/C=C\C/C=C\C/C=C\CCC(=O)OCC(COC1OC(C(=O)O)C(O)C(O)C1OC(=O)CCCCCCCC/C=C\C/C=C\C/C=C\CCCCC)OC(=O)CCCC/C=C\C/C=C\C/C=C\C/C=C\CC. The van der Waals surface area contributed by atoms with Gasteiger partial charge in [-0.25, -0.2) is 4.79 Å². The van der Waals surface area contributed by atoms with E-state index in [4.69, 9.17) is 23.7 Å². The van der Waals surface area contributed by atoms with Crippen LogP contribution in [-0.2, 0) is 42.9 Å². The Balaban J connectivity index is 2.76. The molecular formula is C71H108O12. The Labute approximate surface area is 501 Å². The predicted molar refractivity (Wildman–Crippen MR) is 339 cm³/mol. The molecule has 6 unspecified atom stereocenters. The van der Waals surface area contributed by atoms with Crippen LogP contribution < -0.4 is 0 Å². The highest BCUT2D eigenvalue weighted by atomic mass is 16.7. The Hall–Kier alpha value is -5.66. The number of aliphatic hydroxyl groups excluding tert-OH is 2. The number of carboxylic acid groups (broad SMARTS) is 1. The summed E-state index contributed by atoms with van der Waals surface area (Å²) in [6, 6.07) is 0. The number of aliphatic carboxylic acids is 1. The molecule has 6 atom stereocenters. The molecule has 1 aliphatic rings. The van der Waals surface area contributed by atoms with E-state index in [0.717, 1.165) is 128 Å². The maximum Gasteiger partial charge on any atom is 0.335 e. The number of allylic oxidation sites excluding steroid dienone is 26. The normalized spacial score (nSPS) is 18.7. The lowest BCUT2D eigenvalue weighted by Gasteiger charge is -2.40. The number of hydrogen-bond acceptors (Lipinski definition) is 11. The molecule has 0 radical (unpaired) electrons. The third kappa shape index (κ3) is 46.4. The first-order valence-corrected chi connectivity index (χ1v) is 31.5. The fourth-order valence-electron chi connectivity index (χ4n) is 8.33. The minimum atomic E-state index is -1.93. The van der Waals surface area contributed by atoms with Gasteiger partial charge < -0.3 is 39.0 Å². The van der Waals surface area contributed by atoms with E-state index in [1.54, 1.807) is 0 Å². The quantitative estimate of drug-likeness (QED) is 0.0228. The lowest BCUT2D eigenvalue weighted by Crippen LogP contribution is -2.61. The zero-order chi connectivity index (χ0) is 60.3. The van der Waals surface area contributed by atoms with Gasteiger partial charge in [0.15, 0.2) is 24.6 Å². The minimum Gasteiger partial charge on any atom is -0.479 e. The third-order valence-corrected chi connectivity index (χ3v) is 13.1. The second-order valence-corrected chi connectivity index (χ2v) is 20.6. The summed E-state index contributed by atoms with van der Waals surface area (Å²) in [5, 5.41) is 31.6. The third-order valence-electron chi connectivity index (χ3n) is 13.1. The molecule has 1 rings (SSSR count). The fraction of sp³-hybridized carbons (Fsp3) is 0.577. The molecule has 0 saturated carbocycles. The largest absolute Gasteiger partial charge is 0.479 e. The van der Waals surface area contributed by atoms with E-state index < -0.39 is 67.3 Å². The van der Waals surface area contributed by atoms with E-state index in [1.807, 2.05) is 12.2 Å². The van der Waals surface area contributed by atoms with Gasteiger partial charge in [0.25, 0.3) is 0 Å². The van der Waals surface area contributed by atoms with Gasteiger partial charge in [-0.2, -0.15) is 0 Å². The molecule has 0 aromatic heterocycles. The van der Waals surface area contributed by atoms with E-state index in [9.17, 15) is 34.5 Å². The first kappa shape index (κ1) is 75.4. The van der Waals surface area contributed by atoms with Gasteiger partial charge in [-0.05, 0) is 135 Å². The number of rotatable bonds is 51. The Kier molecular flexibility index (Phi) is 51.6. The van der Waals surface area contributed by atoms with E-state index >= 15 is 0 Å². The number of carbonyl (C=O) groups is 4. The van der Waals surface area contributed by atoms with E-state index in [1.165, 1.54) is 19.3 Å². The summed E-state index contributed by atoms with van der Waals surface area (Å²) in [6.07, 6.45) is 70.7. The number of unbranched alkanes of at least 4 members (excludes halogenated alkanes) is 11. The summed E-state index contributed by atoms with van der Waals surface area (Å²) in [5.74, 6) is -3.33. The number of esters is 3. The second kappa shape index (κ2) is 56.8. The highest BCUT2D eigenvalue weighted by Gasteiger charge is 2.50. The summed E-state index contributed by atoms with van der Waals surface area (Å²) in [6.45, 7) is 5.62. The van der Waals surface area contributed by atoms with Gasteiger partial charge in [0.1, 0.15) is 18.8 Å². The maximum atomic E-state index is 13.2. The average molecular weight is 1150 g/mol. The van der Waals surface area contributed by atoms with Crippen molar-refractivity contribution in [2.45, 2.75) is 250 Å². The van der Waals surface area contributed by atoms with Gasteiger partial charge >= 0.3 is 23.9 Å². The molecule has 0 spiro atoms. The molecule has 0 aromatic rings. The van der Waals surface area contributed by atoms with Crippen LogP contribution in [0.2, 0.25) is 0 Å². The van der Waals surface area contributed by atoms with Gasteiger partial charge in [-0.3, -0.25) is 14.4 Å². The second-order valence-electron chi connectivity index (χ2n) is 20.6. The van der Waals surface area contributed by atoms with Crippen LogP contribution in [0.4, 0.5) is 0 Å². The number of aliphatic hydroxyl groups is 2. The van der Waals surface area contributed by atoms with E-state index in [2.05, 4.69) is 167 Å². The van der Waals surface area contributed by atoms with E-state index in [0.29, 0.717) is 25.7 Å². The monoisotopic (exact) mass is 1150 g/mol. The molecule has 83 heavy (non-hydrogen) atoms. The van der Waals surface area contributed by atoms with Crippen molar-refractivity contribution in [2.24, 2.45) is 0 Å². The van der Waals surface area contributed by atoms with Crippen LogP contribution in [0.3, 0.4) is 0 Å². The van der Waals surface area contributed by atoms with Crippen molar-refractivity contribution in [1.82, 2.24) is 0 Å². The molecule has 12 nitrogen and oxygen atoms in total. The van der Waals surface area contributed by atoms with Crippen molar-refractivity contribution in [2.75, 3.05) is 13.2 Å². The Morgan fingerprint density at radius 2 is 0.783 bits per heavy atom. The van der Waals surface area contributed by atoms with Crippen molar-refractivity contribution in [3.63, 3.8) is 0 Å². The standard InChI is InChI=1S/C71H108O12/c1-4-7-10-13-16-19-22-25-28-30-32-34-37-39-42-45-48-51-54-57-63(72)79-60-62(81-64(73)58-55-52-49-46-43-40-36-27-24-21-18-15-12-9-6-3)61-80-71-69(67(76)66(75)68(83-71)70(77)78)82-65(74)59-56-53-50-47-44-41-38-35-33-31-29-26-23-20-17-14-11-8-5-2/h7,9-10,12,16-21,25-29,32-36,39,42-43,46,48,51,62,66-69,71,75-76H,4-6,8,11,13-15,22-24,30-31,37-38,40-41,44-45,47,49-50,52-61H2,1-3H3,(H,77,78)/b10-7-,12-9-,19-16-,20-17-,21-18-,28-25-,29-26-,34-32-,35-33-,36-27-,42-39-,46-43-,51-48-. The molecule has 0 aromatic carbocycles. The topological polar surface area (TPSA) is 175 Å². The first-order valence-electron chi connectivity index (χ1n) is 31.5. The summed E-state index contributed by atoms with van der Waals surface area (Å²) >= 11 is 0. The number of carbonyl (C=O) groups excluding carboxylic acids is 3. The Morgan fingerprint density at radius 3 is 1.23 bits per heavy atom. The van der Waals surface area contributed by atoms with Gasteiger partial charge in [-0.1, -0.05) is 217 Å². The predicted octanol–water partition coefficient (Wildman–Crippen LogP) is 16.9. The summed E-state index contributed by atoms with van der Waals surface area (Å²) < 4.78 is 28.3. The number of ether oxygens (including phenoxy) is 5. The first-order chi connectivity index (χ1) is 40.6. The van der Waals surface area contributed by atoms with Crippen LogP contribution >= 0.6 is 0 Å². The van der Waals surface area contributed by atoms with Crippen LogP contribution in [-0.4, -0.2) is 89.2 Å². The maximum absolute atomic E-state index is 13.2. The molecule has 1 aliphatic heterocycles. The van der Waals surface area contributed by atoms with Crippen LogP contribution in [0.5, 0.6) is 0 Å². The number of carboxylic acids is 1. The molecule has 3 N–H and O–H groups in total. The summed E-state index contributed by atoms with van der Waals surface area (Å²) in [4.78, 5) is 51.2. The zero-order valence-electron chi connectivity index (χ0n) is 51.1. The van der Waals surface area contributed by atoms with Gasteiger partial charge in [-0.15, -0.1) is 0 Å². The van der Waals surface area contributed by atoms with Crippen LogP contribution in [0.1, 0.15) is 213 Å². The van der Waals surface area contributed by atoms with E-state index in [-0.39, 0.29) is 25.9 Å². The molecule has 1 saturated heterocycles. The smallest absolute Gasteiger partial charge is 0.335 e. The summed E-state index contributed by atoms with van der Waals surface area (Å²) in [5.41, 5.74) is 0. The lowest BCUT2D eigenvalue weighted by molar-refractivity contribution is -0.301. The molecule has 0 aliphatic carbocycles. The van der Waals surface area contributed by atoms with Gasteiger partial charge in [0.2, 0.25) is 0 Å². The van der Waals surface area contributed by atoms with Crippen molar-refractivity contribution < 1.29 is 58.2 Å². The highest BCUT2D eigenvalue weighted by molar-refractivity contribution is 5.74. The van der Waals surface area contributed by atoms with Crippen molar-refractivity contribution in [3.05, 3.63) is 158 Å².